The Labute approximate surface area is 113 Å². The van der Waals surface area contributed by atoms with Crippen molar-refractivity contribution in [2.75, 3.05) is 6.61 Å². The first kappa shape index (κ1) is 15.2. The second-order valence-electron chi connectivity index (χ2n) is 5.10. The van der Waals surface area contributed by atoms with Crippen LogP contribution >= 0.6 is 0 Å². The number of benzene rings is 1. The van der Waals surface area contributed by atoms with Crippen LogP contribution in [0.2, 0.25) is 0 Å². The van der Waals surface area contributed by atoms with E-state index in [9.17, 15) is 9.18 Å². The zero-order valence-corrected chi connectivity index (χ0v) is 11.3. The van der Waals surface area contributed by atoms with Gasteiger partial charge in [-0.2, -0.15) is 5.26 Å². The average Bonchev–Trinajstić information content (AvgIpc) is 2.39. The molecule has 0 atom stereocenters. The summed E-state index contributed by atoms with van der Waals surface area (Å²) in [5.41, 5.74) is -0.0959. The van der Waals surface area contributed by atoms with E-state index in [1.54, 1.807) is 0 Å². The summed E-state index contributed by atoms with van der Waals surface area (Å²) in [4.78, 5) is 10.8. The highest BCUT2D eigenvalue weighted by Crippen LogP contribution is 2.22. The number of carbonyl (C=O) groups is 1. The van der Waals surface area contributed by atoms with Gasteiger partial charge in [0.05, 0.1) is 23.7 Å². The van der Waals surface area contributed by atoms with Gasteiger partial charge in [-0.05, 0) is 51.3 Å². The molecule has 1 aromatic rings. The predicted octanol–water partition coefficient (Wildman–Crippen LogP) is 3.74. The Bertz CT molecular complexity index is 478. The minimum atomic E-state index is -0.454. The van der Waals surface area contributed by atoms with E-state index in [-0.39, 0.29) is 11.0 Å². The molecular formula is C15H18FNO2. The SMILES string of the molecule is CC(C)(C#N)CCCCOc1ccc(F)cc1C=O. The molecule has 0 amide bonds. The van der Waals surface area contributed by atoms with Crippen molar-refractivity contribution < 1.29 is 13.9 Å². The van der Waals surface area contributed by atoms with Crippen LogP contribution in [-0.2, 0) is 0 Å². The molecule has 0 aliphatic carbocycles. The van der Waals surface area contributed by atoms with Gasteiger partial charge >= 0.3 is 0 Å². The quantitative estimate of drug-likeness (QED) is 0.556. The molecule has 1 rings (SSSR count). The summed E-state index contributed by atoms with van der Waals surface area (Å²) in [6, 6.07) is 6.12. The lowest BCUT2D eigenvalue weighted by Crippen LogP contribution is -2.08. The van der Waals surface area contributed by atoms with Gasteiger partial charge in [-0.25, -0.2) is 4.39 Å². The lowest BCUT2D eigenvalue weighted by molar-refractivity contribution is 0.111. The molecule has 4 heteroatoms. The zero-order chi connectivity index (χ0) is 14.3. The molecule has 0 N–H and O–H groups in total. The van der Waals surface area contributed by atoms with Crippen molar-refractivity contribution in [2.24, 2.45) is 5.41 Å². The van der Waals surface area contributed by atoms with Gasteiger partial charge in [-0.1, -0.05) is 0 Å². The molecule has 3 nitrogen and oxygen atoms in total. The first-order chi connectivity index (χ1) is 8.98. The minimum absolute atomic E-state index is 0.220. The fraction of sp³-hybridized carbons (Fsp3) is 0.467. The molecule has 0 aliphatic heterocycles. The lowest BCUT2D eigenvalue weighted by atomic mass is 9.89. The van der Waals surface area contributed by atoms with Crippen molar-refractivity contribution >= 4 is 6.29 Å². The normalized spacial score (nSPS) is 10.8. The smallest absolute Gasteiger partial charge is 0.153 e. The number of unbranched alkanes of at least 4 members (excludes halogenated alkanes) is 1. The van der Waals surface area contributed by atoms with Gasteiger partial charge < -0.3 is 4.74 Å². The van der Waals surface area contributed by atoms with Crippen LogP contribution in [0.25, 0.3) is 0 Å². The van der Waals surface area contributed by atoms with E-state index in [1.807, 2.05) is 13.8 Å². The lowest BCUT2D eigenvalue weighted by Gasteiger charge is -2.14. The maximum Gasteiger partial charge on any atom is 0.153 e. The molecule has 0 radical (unpaired) electrons. The van der Waals surface area contributed by atoms with E-state index >= 15 is 0 Å². The van der Waals surface area contributed by atoms with Crippen LogP contribution in [0.15, 0.2) is 18.2 Å². The first-order valence-electron chi connectivity index (χ1n) is 6.27. The van der Waals surface area contributed by atoms with Gasteiger partial charge in [0.15, 0.2) is 6.29 Å². The summed E-state index contributed by atoms with van der Waals surface area (Å²) in [7, 11) is 0. The molecule has 0 heterocycles. The Hall–Kier alpha value is -1.89. The van der Waals surface area contributed by atoms with Crippen molar-refractivity contribution in [3.8, 4) is 11.8 Å². The zero-order valence-electron chi connectivity index (χ0n) is 11.3. The molecule has 0 bridgehead atoms. The number of nitriles is 1. The highest BCUT2D eigenvalue weighted by molar-refractivity contribution is 5.79. The molecule has 0 fully saturated rings. The Morgan fingerprint density at radius 3 is 2.79 bits per heavy atom. The van der Waals surface area contributed by atoms with Crippen LogP contribution in [0.5, 0.6) is 5.75 Å². The maximum absolute atomic E-state index is 12.9. The van der Waals surface area contributed by atoms with Crippen LogP contribution < -0.4 is 4.74 Å². The second kappa shape index (κ2) is 6.89. The fourth-order valence-electron chi connectivity index (χ4n) is 1.65. The molecule has 102 valence electrons. The predicted molar refractivity (Wildman–Crippen MR) is 70.5 cm³/mol. The third-order valence-corrected chi connectivity index (χ3v) is 2.86. The maximum atomic E-state index is 12.9. The van der Waals surface area contributed by atoms with E-state index in [2.05, 4.69) is 6.07 Å². The fourth-order valence-corrected chi connectivity index (χ4v) is 1.65. The highest BCUT2D eigenvalue weighted by atomic mass is 19.1. The summed E-state index contributed by atoms with van der Waals surface area (Å²) >= 11 is 0. The highest BCUT2D eigenvalue weighted by Gasteiger charge is 2.15. The number of halogens is 1. The van der Waals surface area contributed by atoms with E-state index in [0.717, 1.165) is 25.3 Å². The third-order valence-electron chi connectivity index (χ3n) is 2.86. The first-order valence-corrected chi connectivity index (χ1v) is 6.27. The van der Waals surface area contributed by atoms with E-state index in [1.165, 1.54) is 12.1 Å². The van der Waals surface area contributed by atoms with Gasteiger partial charge in [-0.3, -0.25) is 4.79 Å². The summed E-state index contributed by atoms with van der Waals surface area (Å²) in [6.45, 7) is 4.25. The number of aldehydes is 1. The largest absolute Gasteiger partial charge is 0.493 e. The molecule has 0 saturated heterocycles. The number of hydrogen-bond acceptors (Lipinski definition) is 3. The van der Waals surface area contributed by atoms with Gasteiger partial charge in [-0.15, -0.1) is 0 Å². The molecule has 0 unspecified atom stereocenters. The minimum Gasteiger partial charge on any atom is -0.493 e. The van der Waals surface area contributed by atoms with E-state index < -0.39 is 5.82 Å². The molecule has 0 spiro atoms. The molecule has 0 saturated carbocycles. The number of rotatable bonds is 7. The van der Waals surface area contributed by atoms with Crippen LogP contribution in [0.1, 0.15) is 43.5 Å². The van der Waals surface area contributed by atoms with Crippen molar-refractivity contribution in [1.82, 2.24) is 0 Å². The van der Waals surface area contributed by atoms with Crippen molar-refractivity contribution in [3.63, 3.8) is 0 Å². The van der Waals surface area contributed by atoms with E-state index in [4.69, 9.17) is 10.00 Å². The van der Waals surface area contributed by atoms with Crippen molar-refractivity contribution in [2.45, 2.75) is 33.1 Å². The van der Waals surface area contributed by atoms with Gasteiger partial charge in [0.25, 0.3) is 0 Å². The third kappa shape index (κ3) is 5.09. The Morgan fingerprint density at radius 1 is 1.42 bits per heavy atom. The van der Waals surface area contributed by atoms with Gasteiger partial charge in [0, 0.05) is 0 Å². The molecule has 0 aromatic heterocycles. The van der Waals surface area contributed by atoms with Crippen LogP contribution in [0.4, 0.5) is 4.39 Å². The monoisotopic (exact) mass is 263 g/mol. The molecule has 1 aromatic carbocycles. The van der Waals surface area contributed by atoms with Crippen LogP contribution in [0.3, 0.4) is 0 Å². The van der Waals surface area contributed by atoms with Gasteiger partial charge in [0.1, 0.15) is 11.6 Å². The molecule has 19 heavy (non-hydrogen) atoms. The van der Waals surface area contributed by atoms with Gasteiger partial charge in [0.2, 0.25) is 0 Å². The standard InChI is InChI=1S/C15H18FNO2/c1-15(2,11-17)7-3-4-8-19-14-6-5-13(16)9-12(14)10-18/h5-6,9-10H,3-4,7-8H2,1-2H3. The summed E-state index contributed by atoms with van der Waals surface area (Å²) in [6.07, 6.45) is 3.05. The second-order valence-corrected chi connectivity index (χ2v) is 5.10. The average molecular weight is 263 g/mol. The molecule has 0 aliphatic rings. The Balaban J connectivity index is 2.38. The summed E-state index contributed by atoms with van der Waals surface area (Å²) < 4.78 is 18.4. The summed E-state index contributed by atoms with van der Waals surface area (Å²) in [5, 5.41) is 8.87. The number of nitrogens with zero attached hydrogens (tertiary/aromatic N) is 1. The number of carbonyl (C=O) groups excluding carboxylic acids is 1. The molecular weight excluding hydrogens is 245 g/mol. The van der Waals surface area contributed by atoms with E-state index in [0.29, 0.717) is 18.6 Å². The topological polar surface area (TPSA) is 50.1 Å². The Kier molecular flexibility index (Phi) is 5.50. The van der Waals surface area contributed by atoms with Crippen molar-refractivity contribution in [3.05, 3.63) is 29.6 Å². The Morgan fingerprint density at radius 2 is 2.16 bits per heavy atom. The van der Waals surface area contributed by atoms with Crippen molar-refractivity contribution in [1.29, 1.82) is 5.26 Å². The summed E-state index contributed by atoms with van der Waals surface area (Å²) in [5.74, 6) is -0.0545. The number of hydrogen-bond donors (Lipinski definition) is 0. The number of ether oxygens (including phenoxy) is 1. The van der Waals surface area contributed by atoms with Crippen LogP contribution in [-0.4, -0.2) is 12.9 Å². The van der Waals surface area contributed by atoms with Crippen LogP contribution in [0, 0.1) is 22.6 Å².